The van der Waals surface area contributed by atoms with Gasteiger partial charge in [-0.2, -0.15) is 0 Å². The summed E-state index contributed by atoms with van der Waals surface area (Å²) in [5.41, 5.74) is 8.41. The van der Waals surface area contributed by atoms with Crippen LogP contribution in [0.2, 0.25) is 0 Å². The summed E-state index contributed by atoms with van der Waals surface area (Å²) in [4.78, 5) is 2.30. The Balaban J connectivity index is 2.78. The molecule has 0 bridgehead atoms. The quantitative estimate of drug-likeness (QED) is 0.826. The molecule has 0 saturated carbocycles. The molecule has 0 heterocycles. The molecule has 2 N–H and O–H groups in total. The second-order valence-corrected chi connectivity index (χ2v) is 4.97. The van der Waals surface area contributed by atoms with Gasteiger partial charge in [0.05, 0.1) is 0 Å². The highest BCUT2D eigenvalue weighted by Gasteiger charge is 2.14. The summed E-state index contributed by atoms with van der Waals surface area (Å²) in [6.07, 6.45) is 1.14. The number of nitrogens with zero attached hydrogens (tertiary/aromatic N) is 1. The summed E-state index contributed by atoms with van der Waals surface area (Å²) in [5, 5.41) is 0. The van der Waals surface area contributed by atoms with Crippen LogP contribution in [0.5, 0.6) is 0 Å². The smallest absolute Gasteiger partial charge is 0.0411 e. The van der Waals surface area contributed by atoms with Gasteiger partial charge in [-0.1, -0.05) is 26.0 Å². The maximum atomic E-state index is 5.86. The molecule has 0 radical (unpaired) electrons. The molecule has 1 atom stereocenters. The minimum absolute atomic E-state index is 0.432. The molecule has 2 nitrogen and oxygen atoms in total. The van der Waals surface area contributed by atoms with Crippen LogP contribution in [0, 0.1) is 12.8 Å². The predicted octanol–water partition coefficient (Wildman–Crippen LogP) is 2.80. The molecule has 2 heteroatoms. The van der Waals surface area contributed by atoms with Crippen LogP contribution in [-0.4, -0.2) is 19.6 Å². The third-order valence-electron chi connectivity index (χ3n) is 2.97. The first-order valence-electron chi connectivity index (χ1n) is 6.04. The number of anilines is 1. The van der Waals surface area contributed by atoms with Gasteiger partial charge < -0.3 is 10.6 Å². The first kappa shape index (κ1) is 13.0. The summed E-state index contributed by atoms with van der Waals surface area (Å²) in [6, 6.07) is 9.02. The zero-order chi connectivity index (χ0) is 12.1. The standard InChI is InChI=1S/C14H24N2/c1-11(2)8-14(10-15)16(4)13-7-5-6-12(3)9-13/h5-7,9,11,14H,8,10,15H2,1-4H3. The van der Waals surface area contributed by atoms with E-state index in [0.29, 0.717) is 18.5 Å². The van der Waals surface area contributed by atoms with Crippen molar-refractivity contribution >= 4 is 5.69 Å². The fourth-order valence-corrected chi connectivity index (χ4v) is 2.01. The van der Waals surface area contributed by atoms with Gasteiger partial charge in [0.1, 0.15) is 0 Å². The molecular weight excluding hydrogens is 196 g/mol. The van der Waals surface area contributed by atoms with E-state index in [2.05, 4.69) is 57.0 Å². The lowest BCUT2D eigenvalue weighted by molar-refractivity contribution is 0.485. The Bertz CT molecular complexity index is 320. The van der Waals surface area contributed by atoms with Crippen molar-refractivity contribution in [1.82, 2.24) is 0 Å². The first-order valence-corrected chi connectivity index (χ1v) is 6.04. The zero-order valence-electron chi connectivity index (χ0n) is 10.9. The molecule has 0 amide bonds. The van der Waals surface area contributed by atoms with Crippen molar-refractivity contribution < 1.29 is 0 Å². The third-order valence-corrected chi connectivity index (χ3v) is 2.97. The molecular formula is C14H24N2. The number of likely N-dealkylation sites (N-methyl/N-ethyl adjacent to an activating group) is 1. The molecule has 0 aromatic heterocycles. The Hall–Kier alpha value is -1.02. The highest BCUT2D eigenvalue weighted by molar-refractivity contribution is 5.48. The Morgan fingerprint density at radius 3 is 2.50 bits per heavy atom. The van der Waals surface area contributed by atoms with Crippen molar-refractivity contribution in [2.45, 2.75) is 33.2 Å². The van der Waals surface area contributed by atoms with Crippen LogP contribution in [-0.2, 0) is 0 Å². The van der Waals surface area contributed by atoms with Crippen molar-refractivity contribution in [3.8, 4) is 0 Å². The molecule has 0 saturated heterocycles. The summed E-state index contributed by atoms with van der Waals surface area (Å²) in [6.45, 7) is 7.32. The molecule has 0 aliphatic rings. The Kier molecular flexibility index (Phi) is 4.81. The maximum Gasteiger partial charge on any atom is 0.0411 e. The van der Waals surface area contributed by atoms with E-state index in [9.17, 15) is 0 Å². The minimum Gasteiger partial charge on any atom is -0.370 e. The van der Waals surface area contributed by atoms with Gasteiger partial charge >= 0.3 is 0 Å². The van der Waals surface area contributed by atoms with E-state index in [4.69, 9.17) is 5.73 Å². The lowest BCUT2D eigenvalue weighted by Gasteiger charge is -2.30. The second-order valence-electron chi connectivity index (χ2n) is 4.97. The van der Waals surface area contributed by atoms with Crippen molar-refractivity contribution in [3.63, 3.8) is 0 Å². The first-order chi connectivity index (χ1) is 7.54. The largest absolute Gasteiger partial charge is 0.370 e. The van der Waals surface area contributed by atoms with Gasteiger partial charge in [0.15, 0.2) is 0 Å². The van der Waals surface area contributed by atoms with Crippen LogP contribution in [0.1, 0.15) is 25.8 Å². The van der Waals surface area contributed by atoms with Crippen molar-refractivity contribution in [3.05, 3.63) is 29.8 Å². The monoisotopic (exact) mass is 220 g/mol. The molecule has 16 heavy (non-hydrogen) atoms. The van der Waals surface area contributed by atoms with Gasteiger partial charge in [0.25, 0.3) is 0 Å². The maximum absolute atomic E-state index is 5.86. The number of rotatable bonds is 5. The lowest BCUT2D eigenvalue weighted by Crippen LogP contribution is -2.38. The molecule has 1 unspecified atom stereocenters. The topological polar surface area (TPSA) is 29.3 Å². The van der Waals surface area contributed by atoms with Gasteiger partial charge in [-0.25, -0.2) is 0 Å². The van der Waals surface area contributed by atoms with Crippen molar-refractivity contribution in [2.24, 2.45) is 11.7 Å². The lowest BCUT2D eigenvalue weighted by atomic mass is 10.0. The van der Waals surface area contributed by atoms with Gasteiger partial charge in [0.2, 0.25) is 0 Å². The number of benzene rings is 1. The van der Waals surface area contributed by atoms with Crippen LogP contribution in [0.25, 0.3) is 0 Å². The third kappa shape index (κ3) is 3.53. The molecule has 0 aliphatic heterocycles. The van der Waals surface area contributed by atoms with Crippen molar-refractivity contribution in [1.29, 1.82) is 0 Å². The van der Waals surface area contributed by atoms with Crippen LogP contribution < -0.4 is 10.6 Å². The summed E-state index contributed by atoms with van der Waals surface area (Å²) in [5.74, 6) is 0.681. The summed E-state index contributed by atoms with van der Waals surface area (Å²) in [7, 11) is 2.13. The van der Waals surface area contributed by atoms with Gasteiger partial charge in [-0.15, -0.1) is 0 Å². The van der Waals surface area contributed by atoms with E-state index in [-0.39, 0.29) is 0 Å². The van der Waals surface area contributed by atoms with Crippen molar-refractivity contribution in [2.75, 3.05) is 18.5 Å². The molecule has 0 aliphatic carbocycles. The Labute approximate surface area is 99.5 Å². The Morgan fingerprint density at radius 1 is 1.31 bits per heavy atom. The van der Waals surface area contributed by atoms with E-state index < -0.39 is 0 Å². The number of aryl methyl sites for hydroxylation is 1. The molecule has 0 spiro atoms. The highest BCUT2D eigenvalue weighted by atomic mass is 15.1. The van der Waals surface area contributed by atoms with Gasteiger partial charge in [-0.05, 0) is 37.0 Å². The normalized spacial score (nSPS) is 12.9. The average molecular weight is 220 g/mol. The summed E-state index contributed by atoms with van der Waals surface area (Å²) >= 11 is 0. The molecule has 1 aromatic rings. The second kappa shape index (κ2) is 5.90. The number of nitrogens with two attached hydrogens (primary N) is 1. The van der Waals surface area contributed by atoms with E-state index in [1.54, 1.807) is 0 Å². The van der Waals surface area contributed by atoms with Gasteiger partial charge in [0, 0.05) is 25.3 Å². The van der Waals surface area contributed by atoms with Gasteiger partial charge in [-0.3, -0.25) is 0 Å². The summed E-state index contributed by atoms with van der Waals surface area (Å²) < 4.78 is 0. The number of hydrogen-bond donors (Lipinski definition) is 1. The van der Waals surface area contributed by atoms with Crippen LogP contribution in [0.4, 0.5) is 5.69 Å². The van der Waals surface area contributed by atoms with E-state index in [1.807, 2.05) is 0 Å². The molecule has 1 rings (SSSR count). The minimum atomic E-state index is 0.432. The van der Waals surface area contributed by atoms with Crippen LogP contribution in [0.3, 0.4) is 0 Å². The molecule has 1 aromatic carbocycles. The number of hydrogen-bond acceptors (Lipinski definition) is 2. The van der Waals surface area contributed by atoms with E-state index >= 15 is 0 Å². The zero-order valence-corrected chi connectivity index (χ0v) is 10.9. The van der Waals surface area contributed by atoms with E-state index in [0.717, 1.165) is 6.42 Å². The average Bonchev–Trinajstić information content (AvgIpc) is 2.24. The fourth-order valence-electron chi connectivity index (χ4n) is 2.01. The fraction of sp³-hybridized carbons (Fsp3) is 0.571. The Morgan fingerprint density at radius 2 is 2.00 bits per heavy atom. The molecule has 90 valence electrons. The SMILES string of the molecule is Cc1cccc(N(C)C(CN)CC(C)C)c1. The van der Waals surface area contributed by atoms with Crippen LogP contribution in [0.15, 0.2) is 24.3 Å². The van der Waals surface area contributed by atoms with E-state index in [1.165, 1.54) is 11.3 Å². The highest BCUT2D eigenvalue weighted by Crippen LogP contribution is 2.19. The predicted molar refractivity (Wildman–Crippen MR) is 71.9 cm³/mol. The van der Waals surface area contributed by atoms with Crippen LogP contribution >= 0.6 is 0 Å². The molecule has 0 fully saturated rings.